The Balaban J connectivity index is 2.93. The monoisotopic (exact) mass is 280 g/mol. The molecule has 2 unspecified atom stereocenters. The highest BCUT2D eigenvalue weighted by Gasteiger charge is 2.22. The lowest BCUT2D eigenvalue weighted by Gasteiger charge is -2.17. The van der Waals surface area contributed by atoms with Crippen LogP contribution in [-0.4, -0.2) is 27.9 Å². The molecule has 7 heteroatoms. The van der Waals surface area contributed by atoms with Gasteiger partial charge in [0, 0.05) is 23.7 Å². The molecule has 0 saturated carbocycles. The predicted octanol–water partition coefficient (Wildman–Crippen LogP) is 1.74. The zero-order valence-corrected chi connectivity index (χ0v) is 11.4. The molecule has 1 aromatic rings. The summed E-state index contributed by atoms with van der Waals surface area (Å²) in [7, 11) is 0. The number of nitro benzene ring substituents is 1. The van der Waals surface area contributed by atoms with Crippen LogP contribution >= 0.6 is 0 Å². The van der Waals surface area contributed by atoms with Gasteiger partial charge in [-0.25, -0.2) is 0 Å². The molecule has 0 aromatic heterocycles. The molecule has 7 nitrogen and oxygen atoms in total. The first kappa shape index (κ1) is 15.6. The van der Waals surface area contributed by atoms with E-state index in [0.717, 1.165) is 0 Å². The SMILES string of the molecule is Cc1cc(C(=O)NC(C)C(C)C(=O)O)cc([N+](=O)[O-])c1. The largest absolute Gasteiger partial charge is 0.481 e. The van der Waals surface area contributed by atoms with Gasteiger partial charge in [0.25, 0.3) is 11.6 Å². The molecule has 2 N–H and O–H groups in total. The number of hydrogen-bond donors (Lipinski definition) is 2. The van der Waals surface area contributed by atoms with Gasteiger partial charge < -0.3 is 10.4 Å². The number of nitrogens with one attached hydrogen (secondary N) is 1. The zero-order valence-electron chi connectivity index (χ0n) is 11.4. The molecule has 108 valence electrons. The Labute approximate surface area is 115 Å². The summed E-state index contributed by atoms with van der Waals surface area (Å²) in [6.07, 6.45) is 0. The average molecular weight is 280 g/mol. The van der Waals surface area contributed by atoms with Crippen LogP contribution in [0.1, 0.15) is 29.8 Å². The number of aliphatic carboxylic acids is 1. The second kappa shape index (κ2) is 6.14. The summed E-state index contributed by atoms with van der Waals surface area (Å²) in [5, 5.41) is 22.1. The summed E-state index contributed by atoms with van der Waals surface area (Å²) in [6, 6.07) is 3.46. The minimum absolute atomic E-state index is 0.140. The second-order valence-electron chi connectivity index (χ2n) is 4.70. The molecule has 0 aliphatic rings. The second-order valence-corrected chi connectivity index (χ2v) is 4.70. The number of carboxylic acids is 1. The van der Waals surface area contributed by atoms with Crippen molar-refractivity contribution < 1.29 is 19.6 Å². The highest BCUT2D eigenvalue weighted by Crippen LogP contribution is 2.17. The summed E-state index contributed by atoms with van der Waals surface area (Å²) in [4.78, 5) is 33.0. The molecule has 0 aliphatic carbocycles. The molecule has 0 spiro atoms. The van der Waals surface area contributed by atoms with Crippen LogP contribution in [0, 0.1) is 23.0 Å². The fourth-order valence-corrected chi connectivity index (χ4v) is 1.63. The van der Waals surface area contributed by atoms with Crippen molar-refractivity contribution in [1.29, 1.82) is 0 Å². The number of aryl methyl sites for hydroxylation is 1. The number of carbonyl (C=O) groups is 2. The third-order valence-corrected chi connectivity index (χ3v) is 3.03. The smallest absolute Gasteiger partial charge is 0.308 e. The quantitative estimate of drug-likeness (QED) is 0.630. The van der Waals surface area contributed by atoms with Crippen LogP contribution in [0.4, 0.5) is 5.69 Å². The molecular weight excluding hydrogens is 264 g/mol. The van der Waals surface area contributed by atoms with Crippen molar-refractivity contribution in [1.82, 2.24) is 5.32 Å². The molecule has 1 aromatic carbocycles. The summed E-state index contributed by atoms with van der Waals surface area (Å²) >= 11 is 0. The Bertz CT molecular complexity index is 556. The highest BCUT2D eigenvalue weighted by atomic mass is 16.6. The van der Waals surface area contributed by atoms with Crippen LogP contribution in [0.25, 0.3) is 0 Å². The van der Waals surface area contributed by atoms with E-state index in [0.29, 0.717) is 5.56 Å². The van der Waals surface area contributed by atoms with E-state index in [4.69, 9.17) is 5.11 Å². The molecule has 0 bridgehead atoms. The van der Waals surface area contributed by atoms with E-state index in [9.17, 15) is 19.7 Å². The van der Waals surface area contributed by atoms with E-state index in [-0.39, 0.29) is 11.3 Å². The van der Waals surface area contributed by atoms with Crippen molar-refractivity contribution in [3.05, 3.63) is 39.4 Å². The van der Waals surface area contributed by atoms with Crippen LogP contribution < -0.4 is 5.32 Å². The maximum atomic E-state index is 12.0. The van der Waals surface area contributed by atoms with Crippen molar-refractivity contribution in [2.45, 2.75) is 26.8 Å². The molecule has 0 fully saturated rings. The number of amides is 1. The number of non-ortho nitro benzene ring substituents is 1. The van der Waals surface area contributed by atoms with Gasteiger partial charge in [-0.3, -0.25) is 19.7 Å². The first-order chi connectivity index (χ1) is 9.22. The van der Waals surface area contributed by atoms with Gasteiger partial charge >= 0.3 is 5.97 Å². The van der Waals surface area contributed by atoms with Crippen LogP contribution in [0.2, 0.25) is 0 Å². The zero-order chi connectivity index (χ0) is 15.4. The van der Waals surface area contributed by atoms with Crippen molar-refractivity contribution in [3.8, 4) is 0 Å². The minimum Gasteiger partial charge on any atom is -0.481 e. The third kappa shape index (κ3) is 3.78. The van der Waals surface area contributed by atoms with Gasteiger partial charge in [-0.05, 0) is 32.4 Å². The maximum absolute atomic E-state index is 12.0. The number of carbonyl (C=O) groups excluding carboxylic acids is 1. The van der Waals surface area contributed by atoms with Crippen LogP contribution in [0.3, 0.4) is 0 Å². The topological polar surface area (TPSA) is 110 Å². The fraction of sp³-hybridized carbons (Fsp3) is 0.385. The number of carboxylic acid groups (broad SMARTS) is 1. The Hall–Kier alpha value is -2.44. The van der Waals surface area contributed by atoms with E-state index in [1.165, 1.54) is 25.1 Å². The molecule has 0 saturated heterocycles. The van der Waals surface area contributed by atoms with Crippen molar-refractivity contribution in [2.75, 3.05) is 0 Å². The van der Waals surface area contributed by atoms with Crippen LogP contribution in [0.5, 0.6) is 0 Å². The Morgan fingerprint density at radius 2 is 1.90 bits per heavy atom. The number of nitro groups is 1. The van der Waals surface area contributed by atoms with Crippen molar-refractivity contribution in [2.24, 2.45) is 5.92 Å². The Kier molecular flexibility index (Phi) is 4.79. The summed E-state index contributed by atoms with van der Waals surface area (Å²) in [6.45, 7) is 4.69. The molecule has 0 heterocycles. The molecule has 1 amide bonds. The first-order valence-corrected chi connectivity index (χ1v) is 6.02. The number of benzene rings is 1. The molecule has 0 aliphatic heterocycles. The summed E-state index contributed by atoms with van der Waals surface area (Å²) in [5.74, 6) is -2.30. The van der Waals surface area contributed by atoms with Crippen molar-refractivity contribution >= 4 is 17.6 Å². The fourth-order valence-electron chi connectivity index (χ4n) is 1.63. The van der Waals surface area contributed by atoms with E-state index in [2.05, 4.69) is 5.32 Å². The summed E-state index contributed by atoms with van der Waals surface area (Å²) in [5.41, 5.74) is 0.554. The van der Waals surface area contributed by atoms with Gasteiger partial charge in [0.15, 0.2) is 0 Å². The van der Waals surface area contributed by atoms with Gasteiger partial charge in [0.05, 0.1) is 10.8 Å². The highest BCUT2D eigenvalue weighted by molar-refractivity contribution is 5.95. The normalized spacial score (nSPS) is 13.3. The molecule has 20 heavy (non-hydrogen) atoms. The lowest BCUT2D eigenvalue weighted by molar-refractivity contribution is -0.384. The van der Waals surface area contributed by atoms with Gasteiger partial charge in [-0.1, -0.05) is 0 Å². The predicted molar refractivity (Wildman–Crippen MR) is 71.6 cm³/mol. The molecule has 2 atom stereocenters. The van der Waals surface area contributed by atoms with Gasteiger partial charge in [0.2, 0.25) is 0 Å². The molecule has 0 radical (unpaired) electrons. The number of rotatable bonds is 5. The van der Waals surface area contributed by atoms with Gasteiger partial charge in [-0.2, -0.15) is 0 Å². The lowest BCUT2D eigenvalue weighted by atomic mass is 10.0. The van der Waals surface area contributed by atoms with Gasteiger partial charge in [-0.15, -0.1) is 0 Å². The number of hydrogen-bond acceptors (Lipinski definition) is 4. The van der Waals surface area contributed by atoms with E-state index in [1.807, 2.05) is 0 Å². The average Bonchev–Trinajstić information content (AvgIpc) is 2.36. The standard InChI is InChI=1S/C13H16N2O5/c1-7-4-10(6-11(5-7)15(19)20)12(16)14-9(3)8(2)13(17)18/h4-6,8-9H,1-3H3,(H,14,16)(H,17,18). The van der Waals surface area contributed by atoms with Crippen LogP contribution in [-0.2, 0) is 4.79 Å². The molecular formula is C13H16N2O5. The van der Waals surface area contributed by atoms with E-state index < -0.39 is 28.8 Å². The van der Waals surface area contributed by atoms with Crippen LogP contribution in [0.15, 0.2) is 18.2 Å². The maximum Gasteiger partial charge on any atom is 0.308 e. The van der Waals surface area contributed by atoms with E-state index in [1.54, 1.807) is 13.8 Å². The third-order valence-electron chi connectivity index (χ3n) is 3.03. The minimum atomic E-state index is -1.02. The lowest BCUT2D eigenvalue weighted by Crippen LogP contribution is -2.40. The number of nitrogens with zero attached hydrogens (tertiary/aromatic N) is 1. The summed E-state index contributed by atoms with van der Waals surface area (Å²) < 4.78 is 0. The Morgan fingerprint density at radius 3 is 2.40 bits per heavy atom. The van der Waals surface area contributed by atoms with Gasteiger partial charge in [0.1, 0.15) is 0 Å². The van der Waals surface area contributed by atoms with Crippen molar-refractivity contribution in [3.63, 3.8) is 0 Å². The first-order valence-electron chi connectivity index (χ1n) is 6.02. The van der Waals surface area contributed by atoms with E-state index >= 15 is 0 Å². The molecule has 1 rings (SSSR count). The Morgan fingerprint density at radius 1 is 1.30 bits per heavy atom.